The molecule has 0 radical (unpaired) electrons. The minimum absolute atomic E-state index is 0.00173. The number of rotatable bonds is 23. The number of cyclic esters (lactones) is 2. The first-order valence-electron chi connectivity index (χ1n) is 52.2. The number of methoxy groups -OCH3 is 1. The zero-order valence-corrected chi connectivity index (χ0v) is 83.9. The molecule has 0 amide bonds. The number of carbonyl (C=O) groups excluding carboxylic acids is 10. The Morgan fingerprint density at radius 2 is 0.746 bits per heavy atom. The van der Waals surface area contributed by atoms with Crippen molar-refractivity contribution in [3.63, 3.8) is 0 Å². The zero-order chi connectivity index (χ0) is 94.7. The fourth-order valence-electron chi connectivity index (χ4n) is 31.1. The molecule has 2 saturated heterocycles. The largest absolute Gasteiger partial charge is 0.466 e. The third-order valence-electron chi connectivity index (χ3n) is 39.8. The predicted octanol–water partition coefficient (Wildman–Crippen LogP) is 20.0. The summed E-state index contributed by atoms with van der Waals surface area (Å²) in [6.45, 7) is 42.4. The highest BCUT2D eigenvalue weighted by atomic mass is 16.6. The van der Waals surface area contributed by atoms with Crippen molar-refractivity contribution in [3.05, 3.63) is 0 Å². The Labute approximate surface area is 778 Å². The Hall–Kier alpha value is -5.38. The summed E-state index contributed by atoms with van der Waals surface area (Å²) in [5.41, 5.74) is -4.75. The smallest absolute Gasteiger partial charge is 0.344 e. The van der Waals surface area contributed by atoms with Gasteiger partial charge in [-0.25, -0.2) is 9.59 Å². The van der Waals surface area contributed by atoms with Gasteiger partial charge in [0.15, 0.2) is 13.2 Å². The molecular formula is C108H170O22. The molecule has 22 aliphatic rings. The lowest BCUT2D eigenvalue weighted by molar-refractivity contribution is -0.226. The van der Waals surface area contributed by atoms with Gasteiger partial charge in [0.1, 0.15) is 28.5 Å². The van der Waals surface area contributed by atoms with Crippen LogP contribution in [-0.4, -0.2) is 143 Å². The number of esters is 10. The zero-order valence-electron chi connectivity index (χ0n) is 83.9. The molecule has 0 aromatic rings. The number of hydrogen-bond acceptors (Lipinski definition) is 22. The minimum Gasteiger partial charge on any atom is -0.466 e. The van der Waals surface area contributed by atoms with E-state index in [9.17, 15) is 58.2 Å². The highest BCUT2D eigenvalue weighted by Crippen LogP contribution is 2.74. The summed E-state index contributed by atoms with van der Waals surface area (Å²) >= 11 is 0. The predicted molar refractivity (Wildman–Crippen MR) is 489 cm³/mol. The molecule has 22 fully saturated rings. The van der Waals surface area contributed by atoms with Crippen molar-refractivity contribution in [2.45, 2.75) is 403 Å². The van der Waals surface area contributed by atoms with E-state index >= 15 is 0 Å². The van der Waals surface area contributed by atoms with Gasteiger partial charge in [-0.2, -0.15) is 0 Å². The fourth-order valence-corrected chi connectivity index (χ4v) is 31.1. The van der Waals surface area contributed by atoms with Crippen LogP contribution in [0.5, 0.6) is 0 Å². The van der Waals surface area contributed by atoms with Gasteiger partial charge in [0, 0.05) is 42.4 Å². The third-order valence-corrected chi connectivity index (χ3v) is 39.8. The molecule has 20 aliphatic carbocycles. The summed E-state index contributed by atoms with van der Waals surface area (Å²) in [5, 5.41) is 21.3. The molecule has 20 saturated carbocycles. The molecule has 130 heavy (non-hydrogen) atoms. The summed E-state index contributed by atoms with van der Waals surface area (Å²) in [6.07, 6.45) is 36.1. The topological polar surface area (TPSA) is 303 Å². The molecule has 2 aliphatic heterocycles. The van der Waals surface area contributed by atoms with Crippen molar-refractivity contribution < 1.29 is 106 Å². The number of carbonyl (C=O) groups is 10. The van der Waals surface area contributed by atoms with Crippen LogP contribution in [0.4, 0.5) is 0 Å². The second-order valence-electron chi connectivity index (χ2n) is 50.5. The highest BCUT2D eigenvalue weighted by Gasteiger charge is 2.72. The Morgan fingerprint density at radius 1 is 0.377 bits per heavy atom. The van der Waals surface area contributed by atoms with E-state index in [0.717, 1.165) is 174 Å². The molecule has 2 heterocycles. The molecule has 22 heteroatoms. The summed E-state index contributed by atoms with van der Waals surface area (Å²) < 4.78 is 54.5. The van der Waals surface area contributed by atoms with E-state index in [-0.39, 0.29) is 124 Å². The van der Waals surface area contributed by atoms with Crippen LogP contribution in [0.1, 0.15) is 364 Å². The van der Waals surface area contributed by atoms with Crippen LogP contribution in [-0.2, 0) is 95.3 Å². The number of ether oxygens (including phenoxy) is 10. The molecule has 22 rings (SSSR count). The van der Waals surface area contributed by atoms with Crippen LogP contribution in [0.3, 0.4) is 0 Å². The number of fused-ring (bicyclic) bond motifs is 28. The van der Waals surface area contributed by atoms with Gasteiger partial charge in [0.25, 0.3) is 0 Å². The Morgan fingerprint density at radius 3 is 1.17 bits per heavy atom. The van der Waals surface area contributed by atoms with E-state index in [1.807, 2.05) is 83.1 Å². The normalized spacial score (nSPS) is 41.3. The van der Waals surface area contributed by atoms with Crippen molar-refractivity contribution in [3.8, 4) is 0 Å². The first-order chi connectivity index (χ1) is 60.9. The average Bonchev–Trinajstić information content (AvgIpc) is 1.52. The van der Waals surface area contributed by atoms with Crippen LogP contribution in [0, 0.1) is 180 Å². The Bertz CT molecular complexity index is 4040. The summed E-state index contributed by atoms with van der Waals surface area (Å²) in [7, 11) is 1.25. The lowest BCUT2D eigenvalue weighted by atomic mass is 9.52. The molecule has 20 bridgehead atoms. The summed E-state index contributed by atoms with van der Waals surface area (Å²) in [6, 6.07) is 0. The van der Waals surface area contributed by atoms with Crippen LogP contribution >= 0.6 is 0 Å². The van der Waals surface area contributed by atoms with Crippen molar-refractivity contribution in [1.29, 1.82) is 0 Å². The first kappa shape index (κ1) is 101. The standard InChI is InChI=1S/C21H34O2.C20H32O2.C17H24O6.2C16H26O3.C9H16O4.C9H12O2/c1-6-20(4,5)19(22)23-21(12(2)3)11-15-10-16(21)18-14-8-7-13(9-14)17(15)18;1-5-19(3,4)18(21)22-20(6-2)11-14-10-15(20)17-13-8-7-12(9-13)16(14)17;1-4-17(2,3)16(20)22-8-13(18)23-12-6-9-5-10(12)11-7-21-15(19)14(9)11;2*1-4-14(2,3)13(17)19-16-8-11-5-12(9-16)7-15(18,6-11)10-16;1-5-9(2,3)8(11)13-6-7(10)12-4;10-9-8-6-2-1-5(3-6)7(8)4-11-9/h12-18H,6-11H2,1-5H3;12-17H,5-11H2,1-4H3;9-12,14H,4-8H2,1-3H3;2*11-12,18H,4-10H2,1-3H3;5-6H2,1-4H3;5-8H,1-4H2. The Balaban J connectivity index is 0.000000124. The first-order valence-corrected chi connectivity index (χ1v) is 52.2. The molecule has 2 N–H and O–H groups in total. The van der Waals surface area contributed by atoms with Gasteiger partial charge in [0.2, 0.25) is 0 Å². The fraction of sp³-hybridized carbons (Fsp3) is 0.907. The maximum atomic E-state index is 12.9. The maximum Gasteiger partial charge on any atom is 0.344 e. The monoisotopic (exact) mass is 1820 g/mol. The van der Waals surface area contributed by atoms with Gasteiger partial charge in [-0.05, 0) is 395 Å². The van der Waals surface area contributed by atoms with Crippen molar-refractivity contribution >= 4 is 59.7 Å². The lowest BCUT2D eigenvalue weighted by Gasteiger charge is -2.59. The number of aliphatic hydroxyl groups is 2. The second kappa shape index (κ2) is 37.5. The van der Waals surface area contributed by atoms with Crippen LogP contribution in [0.25, 0.3) is 0 Å². The number of hydrogen-bond donors (Lipinski definition) is 2. The van der Waals surface area contributed by atoms with Crippen molar-refractivity contribution in [1.82, 2.24) is 0 Å². The quantitative estimate of drug-likeness (QED) is 0.0545. The molecule has 22 nitrogen and oxygen atoms in total. The van der Waals surface area contributed by atoms with Gasteiger partial charge in [-0.3, -0.25) is 38.4 Å². The SMILES string of the molecule is CCC(C)(C)C(=O)OC1(C(C)C)CC2CC1C1C3CCC(C3)C21.CCC(C)(C)C(=O)OC1(CC)CC2CC1C1C3CCC(C3)C21.CCC(C)(C)C(=O)OC12CC3CC(CC(O)(C3)C1)C2.CCC(C)(C)C(=O)OC12CC3CC(CC(O)(C3)C1)C2.CCC(C)(C)C(=O)OCC(=O)OC.CCC(C)(C)C(=O)OCC(=O)OC1CC2CC1C1COC(=O)C21.O=C1OCC2C3CCC(C3)C12. The highest BCUT2D eigenvalue weighted by molar-refractivity contribution is 5.82. The van der Waals surface area contributed by atoms with Crippen LogP contribution in [0.15, 0.2) is 0 Å². The van der Waals surface area contributed by atoms with E-state index in [1.54, 1.807) is 27.7 Å². The van der Waals surface area contributed by atoms with E-state index in [1.165, 1.54) is 90.6 Å². The van der Waals surface area contributed by atoms with Crippen molar-refractivity contribution in [2.24, 2.45) is 180 Å². The molecule has 0 spiro atoms. The second-order valence-corrected chi connectivity index (χ2v) is 50.5. The molecule has 27 atom stereocenters. The van der Waals surface area contributed by atoms with Crippen LogP contribution in [0.2, 0.25) is 0 Å². The van der Waals surface area contributed by atoms with Gasteiger partial charge in [-0.1, -0.05) is 62.3 Å². The minimum atomic E-state index is -0.596. The van der Waals surface area contributed by atoms with E-state index in [2.05, 4.69) is 39.4 Å². The molecular weight excluding hydrogens is 1650 g/mol. The average molecular weight is 1820 g/mol. The molecule has 27 unspecified atom stereocenters. The van der Waals surface area contributed by atoms with Gasteiger partial charge in [0.05, 0.1) is 75.9 Å². The van der Waals surface area contributed by atoms with Gasteiger partial charge >= 0.3 is 59.7 Å². The lowest BCUT2D eigenvalue weighted by Crippen LogP contribution is -2.61. The Kier molecular flexibility index (Phi) is 29.0. The third kappa shape index (κ3) is 19.5. The van der Waals surface area contributed by atoms with Gasteiger partial charge < -0.3 is 57.6 Å². The summed E-state index contributed by atoms with van der Waals surface area (Å²) in [4.78, 5) is 119. The molecule has 734 valence electrons. The molecule has 0 aromatic heterocycles. The van der Waals surface area contributed by atoms with E-state index in [4.69, 9.17) is 42.6 Å². The van der Waals surface area contributed by atoms with E-state index in [0.29, 0.717) is 97.9 Å². The van der Waals surface area contributed by atoms with Crippen LogP contribution < -0.4 is 0 Å². The summed E-state index contributed by atoms with van der Waals surface area (Å²) in [5.74, 6) is 14.5. The maximum absolute atomic E-state index is 12.9. The molecule has 0 aromatic carbocycles. The van der Waals surface area contributed by atoms with Gasteiger partial charge in [-0.15, -0.1) is 0 Å². The van der Waals surface area contributed by atoms with E-state index < -0.39 is 44.8 Å². The van der Waals surface area contributed by atoms with Crippen molar-refractivity contribution in [2.75, 3.05) is 33.5 Å².